The maximum atomic E-state index is 12.0. The summed E-state index contributed by atoms with van der Waals surface area (Å²) in [6, 6.07) is 7.45. The van der Waals surface area contributed by atoms with Crippen molar-refractivity contribution in [2.24, 2.45) is 5.92 Å². The van der Waals surface area contributed by atoms with Gasteiger partial charge in [-0.15, -0.1) is 0 Å². The minimum atomic E-state index is -2.75. The first-order valence-electron chi connectivity index (χ1n) is 6.46. The van der Waals surface area contributed by atoms with E-state index in [1.54, 1.807) is 12.1 Å². The van der Waals surface area contributed by atoms with Crippen molar-refractivity contribution >= 4 is 0 Å². The van der Waals surface area contributed by atoms with E-state index < -0.39 is 6.61 Å². The lowest BCUT2D eigenvalue weighted by atomic mass is 10.2. The molecule has 0 aliphatic heterocycles. The molecule has 1 saturated carbocycles. The molecule has 0 aromatic heterocycles. The van der Waals surface area contributed by atoms with Crippen LogP contribution in [0.2, 0.25) is 0 Å². The highest BCUT2D eigenvalue weighted by Crippen LogP contribution is 2.34. The van der Waals surface area contributed by atoms with Crippen molar-refractivity contribution in [3.05, 3.63) is 29.8 Å². The number of halogens is 2. The van der Waals surface area contributed by atoms with Crippen molar-refractivity contribution in [1.29, 1.82) is 0 Å². The third kappa shape index (κ3) is 3.95. The number of benzene rings is 1. The highest BCUT2D eigenvalue weighted by molar-refractivity contribution is 5.27. The van der Waals surface area contributed by atoms with Gasteiger partial charge in [0.1, 0.15) is 5.75 Å². The van der Waals surface area contributed by atoms with E-state index in [9.17, 15) is 8.78 Å². The van der Waals surface area contributed by atoms with Crippen molar-refractivity contribution in [2.45, 2.75) is 45.4 Å². The Labute approximate surface area is 106 Å². The zero-order valence-corrected chi connectivity index (χ0v) is 10.5. The number of hydrogen-bond donors (Lipinski definition) is 1. The van der Waals surface area contributed by atoms with Gasteiger partial charge in [0.25, 0.3) is 0 Å². The van der Waals surface area contributed by atoms with Crippen LogP contribution in [0.3, 0.4) is 0 Å². The van der Waals surface area contributed by atoms with Crippen LogP contribution >= 0.6 is 0 Å². The molecule has 2 rings (SSSR count). The molecular formula is C14H19F2NO. The van der Waals surface area contributed by atoms with Crippen molar-refractivity contribution in [3.8, 4) is 5.75 Å². The summed E-state index contributed by atoms with van der Waals surface area (Å²) in [5.41, 5.74) is 1.10. The van der Waals surface area contributed by atoms with Crippen molar-refractivity contribution < 1.29 is 13.5 Å². The molecule has 1 aromatic rings. The van der Waals surface area contributed by atoms with E-state index in [2.05, 4.69) is 17.0 Å². The largest absolute Gasteiger partial charge is 0.435 e. The summed E-state index contributed by atoms with van der Waals surface area (Å²) in [5, 5.41) is 3.48. The Kier molecular flexibility index (Phi) is 4.53. The first-order chi connectivity index (χ1) is 8.69. The Hall–Kier alpha value is -1.16. The molecule has 1 aliphatic rings. The van der Waals surface area contributed by atoms with Crippen LogP contribution in [0.5, 0.6) is 5.75 Å². The van der Waals surface area contributed by atoms with Crippen LogP contribution in [0.25, 0.3) is 0 Å². The van der Waals surface area contributed by atoms with Gasteiger partial charge in [-0.3, -0.25) is 0 Å². The monoisotopic (exact) mass is 255 g/mol. The number of ether oxygens (including phenoxy) is 1. The molecule has 1 aliphatic carbocycles. The molecule has 0 bridgehead atoms. The summed E-state index contributed by atoms with van der Waals surface area (Å²) < 4.78 is 28.2. The quantitative estimate of drug-likeness (QED) is 0.804. The van der Waals surface area contributed by atoms with Gasteiger partial charge in [0.15, 0.2) is 0 Å². The molecule has 4 heteroatoms. The fraction of sp³-hybridized carbons (Fsp3) is 0.571. The summed E-state index contributed by atoms with van der Waals surface area (Å²) in [7, 11) is 0. The van der Waals surface area contributed by atoms with Crippen LogP contribution in [0.4, 0.5) is 8.78 Å². The number of hydrogen-bond acceptors (Lipinski definition) is 2. The smallest absolute Gasteiger partial charge is 0.387 e. The van der Waals surface area contributed by atoms with Gasteiger partial charge >= 0.3 is 6.61 Å². The topological polar surface area (TPSA) is 21.3 Å². The standard InChI is InChI=1S/C14H19F2NO/c1-2-3-11-8-13(11)17-9-10-4-6-12(7-5-10)18-14(15)16/h4-7,11,13-14,17H,2-3,8-9H2,1H3. The van der Waals surface area contributed by atoms with E-state index in [0.717, 1.165) is 18.0 Å². The van der Waals surface area contributed by atoms with Gasteiger partial charge in [0, 0.05) is 12.6 Å². The summed E-state index contributed by atoms with van der Waals surface area (Å²) in [6.07, 6.45) is 3.79. The Morgan fingerprint density at radius 1 is 1.33 bits per heavy atom. The second-order valence-electron chi connectivity index (χ2n) is 4.79. The van der Waals surface area contributed by atoms with Crippen LogP contribution in [0, 0.1) is 5.92 Å². The molecule has 100 valence electrons. The third-order valence-electron chi connectivity index (χ3n) is 3.30. The minimum Gasteiger partial charge on any atom is -0.435 e. The zero-order chi connectivity index (χ0) is 13.0. The van der Waals surface area contributed by atoms with Crippen LogP contribution in [0.1, 0.15) is 31.7 Å². The van der Waals surface area contributed by atoms with Gasteiger partial charge in [-0.25, -0.2) is 0 Å². The van der Waals surface area contributed by atoms with Gasteiger partial charge in [0.05, 0.1) is 0 Å². The Balaban J connectivity index is 1.73. The van der Waals surface area contributed by atoms with Gasteiger partial charge in [0.2, 0.25) is 0 Å². The van der Waals surface area contributed by atoms with Gasteiger partial charge < -0.3 is 10.1 Å². The Bertz CT molecular complexity index is 367. The second kappa shape index (κ2) is 6.14. The number of alkyl halides is 2. The normalized spacial score (nSPS) is 22.2. The molecule has 18 heavy (non-hydrogen) atoms. The Morgan fingerprint density at radius 2 is 2.06 bits per heavy atom. The fourth-order valence-electron chi connectivity index (χ4n) is 2.23. The highest BCUT2D eigenvalue weighted by atomic mass is 19.3. The lowest BCUT2D eigenvalue weighted by Crippen LogP contribution is -2.17. The van der Waals surface area contributed by atoms with E-state index in [-0.39, 0.29) is 5.75 Å². The zero-order valence-electron chi connectivity index (χ0n) is 10.5. The molecular weight excluding hydrogens is 236 g/mol. The molecule has 0 heterocycles. The van der Waals surface area contributed by atoms with Gasteiger partial charge in [-0.2, -0.15) is 8.78 Å². The van der Waals surface area contributed by atoms with Crippen molar-refractivity contribution in [3.63, 3.8) is 0 Å². The average molecular weight is 255 g/mol. The van der Waals surface area contributed by atoms with Crippen molar-refractivity contribution in [1.82, 2.24) is 5.32 Å². The Morgan fingerprint density at radius 3 is 2.67 bits per heavy atom. The molecule has 2 nitrogen and oxygen atoms in total. The maximum Gasteiger partial charge on any atom is 0.387 e. The lowest BCUT2D eigenvalue weighted by Gasteiger charge is -2.07. The summed E-state index contributed by atoms with van der Waals surface area (Å²) >= 11 is 0. The number of nitrogens with one attached hydrogen (secondary N) is 1. The van der Waals surface area contributed by atoms with E-state index in [1.807, 2.05) is 12.1 Å². The lowest BCUT2D eigenvalue weighted by molar-refractivity contribution is -0.0498. The van der Waals surface area contributed by atoms with E-state index in [0.29, 0.717) is 6.04 Å². The van der Waals surface area contributed by atoms with E-state index >= 15 is 0 Å². The molecule has 2 unspecified atom stereocenters. The molecule has 0 amide bonds. The molecule has 0 spiro atoms. The predicted octanol–water partition coefficient (Wildman–Crippen LogP) is 3.57. The van der Waals surface area contributed by atoms with Gasteiger partial charge in [-0.05, 0) is 36.5 Å². The average Bonchev–Trinajstić information content (AvgIpc) is 3.07. The first kappa shape index (κ1) is 13.3. The predicted molar refractivity (Wildman–Crippen MR) is 66.7 cm³/mol. The first-order valence-corrected chi connectivity index (χ1v) is 6.46. The molecule has 0 radical (unpaired) electrons. The third-order valence-corrected chi connectivity index (χ3v) is 3.30. The van der Waals surface area contributed by atoms with Crippen LogP contribution < -0.4 is 10.1 Å². The molecule has 1 N–H and O–H groups in total. The SMILES string of the molecule is CCCC1CC1NCc1ccc(OC(F)F)cc1. The van der Waals surface area contributed by atoms with Crippen LogP contribution in [-0.2, 0) is 6.54 Å². The molecule has 0 saturated heterocycles. The van der Waals surface area contributed by atoms with E-state index in [1.165, 1.54) is 19.3 Å². The molecule has 1 fully saturated rings. The van der Waals surface area contributed by atoms with Crippen LogP contribution in [-0.4, -0.2) is 12.7 Å². The molecule has 1 aromatic carbocycles. The van der Waals surface area contributed by atoms with Crippen LogP contribution in [0.15, 0.2) is 24.3 Å². The second-order valence-corrected chi connectivity index (χ2v) is 4.79. The van der Waals surface area contributed by atoms with Gasteiger partial charge in [-0.1, -0.05) is 25.5 Å². The van der Waals surface area contributed by atoms with E-state index in [4.69, 9.17) is 0 Å². The van der Waals surface area contributed by atoms with Crippen molar-refractivity contribution in [2.75, 3.05) is 0 Å². The maximum absolute atomic E-state index is 12.0. The summed E-state index contributed by atoms with van der Waals surface area (Å²) in [5.74, 6) is 1.04. The summed E-state index contributed by atoms with van der Waals surface area (Å²) in [6.45, 7) is 0.243. The summed E-state index contributed by atoms with van der Waals surface area (Å²) in [4.78, 5) is 0. The fourth-order valence-corrected chi connectivity index (χ4v) is 2.23. The highest BCUT2D eigenvalue weighted by Gasteiger charge is 2.35. The molecule has 2 atom stereocenters. The minimum absolute atomic E-state index is 0.212. The number of rotatable bonds is 7.